The number of hydrogen-bond donors (Lipinski definition) is 1. The van der Waals surface area contributed by atoms with E-state index in [1.165, 1.54) is 36.6 Å². The molecule has 0 radical (unpaired) electrons. The molecule has 2 fully saturated rings. The van der Waals surface area contributed by atoms with Gasteiger partial charge in [-0.1, -0.05) is 38.5 Å². The Morgan fingerprint density at radius 3 is 2.82 bits per heavy atom. The number of aliphatic imine (C=N–C) groups is 1. The molecule has 98 valence electrons. The van der Waals surface area contributed by atoms with Crippen molar-refractivity contribution in [2.45, 2.75) is 52.5 Å². The van der Waals surface area contributed by atoms with Crippen molar-refractivity contribution in [2.75, 3.05) is 12.3 Å². The molecule has 1 N–H and O–H groups in total. The molecular weight excluding hydrogens is 228 g/mol. The second kappa shape index (κ2) is 6.12. The summed E-state index contributed by atoms with van der Waals surface area (Å²) in [4.78, 5) is 4.79. The van der Waals surface area contributed by atoms with Crippen LogP contribution in [0, 0.1) is 17.8 Å². The molecule has 0 aromatic rings. The van der Waals surface area contributed by atoms with Gasteiger partial charge in [0.1, 0.15) is 0 Å². The predicted molar refractivity (Wildman–Crippen MR) is 77.6 cm³/mol. The Labute approximate surface area is 110 Å². The van der Waals surface area contributed by atoms with Gasteiger partial charge in [-0.05, 0) is 37.5 Å². The van der Waals surface area contributed by atoms with Crippen LogP contribution in [0.3, 0.4) is 0 Å². The van der Waals surface area contributed by atoms with E-state index in [0.717, 1.165) is 24.3 Å². The monoisotopic (exact) mass is 254 g/mol. The lowest BCUT2D eigenvalue weighted by atomic mass is 9.82. The molecule has 0 spiro atoms. The number of rotatable bonds is 2. The van der Waals surface area contributed by atoms with Crippen molar-refractivity contribution in [3.05, 3.63) is 0 Å². The Morgan fingerprint density at radius 2 is 2.12 bits per heavy atom. The molecule has 2 nitrogen and oxygen atoms in total. The molecule has 1 aliphatic heterocycles. The summed E-state index contributed by atoms with van der Waals surface area (Å²) >= 11 is 1.90. The van der Waals surface area contributed by atoms with Crippen LogP contribution >= 0.6 is 11.8 Å². The first-order valence-corrected chi connectivity index (χ1v) is 8.07. The third-order valence-corrected chi connectivity index (χ3v) is 5.44. The molecule has 3 heteroatoms. The van der Waals surface area contributed by atoms with Crippen LogP contribution in [0.15, 0.2) is 4.99 Å². The van der Waals surface area contributed by atoms with Gasteiger partial charge in [0, 0.05) is 18.3 Å². The van der Waals surface area contributed by atoms with Crippen molar-refractivity contribution in [3.63, 3.8) is 0 Å². The van der Waals surface area contributed by atoms with E-state index < -0.39 is 0 Å². The Kier molecular flexibility index (Phi) is 4.78. The normalized spacial score (nSPS) is 41.2. The van der Waals surface area contributed by atoms with Crippen LogP contribution in [-0.2, 0) is 0 Å². The SMILES string of the molecule is CC1CCCC(CN=C2NC(C)C(C)CS2)C1. The van der Waals surface area contributed by atoms with Crippen molar-refractivity contribution in [1.82, 2.24) is 5.32 Å². The summed E-state index contributed by atoms with van der Waals surface area (Å²) in [5.41, 5.74) is 0. The van der Waals surface area contributed by atoms with Gasteiger partial charge in [0.05, 0.1) is 0 Å². The first kappa shape index (κ1) is 13.3. The maximum absolute atomic E-state index is 4.79. The largest absolute Gasteiger partial charge is 0.362 e. The van der Waals surface area contributed by atoms with Crippen molar-refractivity contribution in [3.8, 4) is 0 Å². The lowest BCUT2D eigenvalue weighted by molar-refractivity contribution is 0.289. The minimum atomic E-state index is 0.584. The average molecular weight is 254 g/mol. The van der Waals surface area contributed by atoms with Gasteiger partial charge >= 0.3 is 0 Å². The highest BCUT2D eigenvalue weighted by atomic mass is 32.2. The summed E-state index contributed by atoms with van der Waals surface area (Å²) in [5.74, 6) is 3.73. The summed E-state index contributed by atoms with van der Waals surface area (Å²) in [6, 6.07) is 0.584. The lowest BCUT2D eigenvalue weighted by Crippen LogP contribution is -2.41. The maximum Gasteiger partial charge on any atom is 0.156 e. The molecule has 0 aromatic heterocycles. The molecule has 0 bridgehead atoms. The first-order valence-electron chi connectivity index (χ1n) is 7.09. The third-order valence-electron chi connectivity index (χ3n) is 4.23. The number of amidine groups is 1. The van der Waals surface area contributed by atoms with Gasteiger partial charge in [-0.25, -0.2) is 0 Å². The minimum Gasteiger partial charge on any atom is -0.362 e. The summed E-state index contributed by atoms with van der Waals surface area (Å²) in [5, 5.41) is 4.72. The molecule has 17 heavy (non-hydrogen) atoms. The minimum absolute atomic E-state index is 0.584. The Bertz CT molecular complexity index is 277. The number of nitrogens with zero attached hydrogens (tertiary/aromatic N) is 1. The third kappa shape index (κ3) is 3.90. The quantitative estimate of drug-likeness (QED) is 0.815. The fraction of sp³-hybridized carbons (Fsp3) is 0.929. The summed E-state index contributed by atoms with van der Waals surface area (Å²) < 4.78 is 0. The molecule has 0 amide bonds. The van der Waals surface area contributed by atoms with Gasteiger partial charge in [0.15, 0.2) is 5.17 Å². The van der Waals surface area contributed by atoms with Gasteiger partial charge in [0.2, 0.25) is 0 Å². The second-order valence-corrected chi connectivity index (χ2v) is 7.01. The highest BCUT2D eigenvalue weighted by molar-refractivity contribution is 8.13. The smallest absolute Gasteiger partial charge is 0.156 e. The fourth-order valence-electron chi connectivity index (χ4n) is 2.76. The van der Waals surface area contributed by atoms with E-state index in [0.29, 0.717) is 6.04 Å². The topological polar surface area (TPSA) is 24.4 Å². The van der Waals surface area contributed by atoms with Gasteiger partial charge in [-0.15, -0.1) is 0 Å². The number of hydrogen-bond acceptors (Lipinski definition) is 2. The van der Waals surface area contributed by atoms with Crippen molar-refractivity contribution in [1.29, 1.82) is 0 Å². The van der Waals surface area contributed by atoms with Crippen LogP contribution in [-0.4, -0.2) is 23.5 Å². The van der Waals surface area contributed by atoms with E-state index in [-0.39, 0.29) is 0 Å². The van der Waals surface area contributed by atoms with Crippen LogP contribution in [0.5, 0.6) is 0 Å². The van der Waals surface area contributed by atoms with E-state index in [2.05, 4.69) is 26.1 Å². The molecular formula is C14H26N2S. The second-order valence-electron chi connectivity index (χ2n) is 6.00. The van der Waals surface area contributed by atoms with Crippen molar-refractivity contribution in [2.24, 2.45) is 22.7 Å². The maximum atomic E-state index is 4.79. The van der Waals surface area contributed by atoms with Gasteiger partial charge in [-0.3, -0.25) is 4.99 Å². The molecule has 1 saturated heterocycles. The van der Waals surface area contributed by atoms with Gasteiger partial charge in [-0.2, -0.15) is 0 Å². The first-order chi connectivity index (χ1) is 8.15. The molecule has 2 rings (SSSR count). The molecule has 1 saturated carbocycles. The number of nitrogens with one attached hydrogen (secondary N) is 1. The van der Waals surface area contributed by atoms with Crippen LogP contribution in [0.4, 0.5) is 0 Å². The van der Waals surface area contributed by atoms with E-state index in [4.69, 9.17) is 4.99 Å². The summed E-state index contributed by atoms with van der Waals surface area (Å²) in [6.45, 7) is 8.00. The zero-order chi connectivity index (χ0) is 12.3. The predicted octanol–water partition coefficient (Wildman–Crippen LogP) is 3.53. The lowest BCUT2D eigenvalue weighted by Gasteiger charge is -2.29. The van der Waals surface area contributed by atoms with Crippen LogP contribution in [0.1, 0.15) is 46.5 Å². The van der Waals surface area contributed by atoms with Gasteiger partial charge < -0.3 is 5.32 Å². The van der Waals surface area contributed by atoms with E-state index in [1.807, 2.05) is 11.8 Å². The van der Waals surface area contributed by atoms with Crippen molar-refractivity contribution >= 4 is 16.9 Å². The molecule has 4 atom stereocenters. The summed E-state index contributed by atoms with van der Waals surface area (Å²) in [7, 11) is 0. The zero-order valence-corrected chi connectivity index (χ0v) is 12.2. The van der Waals surface area contributed by atoms with Crippen LogP contribution in [0.25, 0.3) is 0 Å². The number of thioether (sulfide) groups is 1. The Balaban J connectivity index is 1.80. The molecule has 2 aliphatic rings. The Morgan fingerprint density at radius 1 is 1.29 bits per heavy atom. The average Bonchev–Trinajstić information content (AvgIpc) is 2.31. The molecule has 1 heterocycles. The fourth-order valence-corrected chi connectivity index (χ4v) is 3.91. The zero-order valence-electron chi connectivity index (χ0n) is 11.4. The standard InChI is InChI=1S/C14H26N2S/c1-10-5-4-6-13(7-10)8-15-14-16-12(3)11(2)9-17-14/h10-13H,4-9H2,1-3H3,(H,15,16). The highest BCUT2D eigenvalue weighted by Gasteiger charge is 2.22. The summed E-state index contributed by atoms with van der Waals surface area (Å²) in [6.07, 6.45) is 5.60. The van der Waals surface area contributed by atoms with E-state index in [9.17, 15) is 0 Å². The molecule has 0 aromatic carbocycles. The molecule has 1 aliphatic carbocycles. The van der Waals surface area contributed by atoms with Crippen LogP contribution < -0.4 is 5.32 Å². The van der Waals surface area contributed by atoms with E-state index >= 15 is 0 Å². The Hall–Kier alpha value is -0.180. The van der Waals surface area contributed by atoms with E-state index in [1.54, 1.807) is 0 Å². The van der Waals surface area contributed by atoms with Crippen LogP contribution in [0.2, 0.25) is 0 Å². The van der Waals surface area contributed by atoms with Gasteiger partial charge in [0.25, 0.3) is 0 Å². The highest BCUT2D eigenvalue weighted by Crippen LogP contribution is 2.29. The molecule has 4 unspecified atom stereocenters. The van der Waals surface area contributed by atoms with Crippen molar-refractivity contribution < 1.29 is 0 Å².